The molecule has 0 bridgehead atoms. The van der Waals surface area contributed by atoms with Gasteiger partial charge in [-0.3, -0.25) is 5.01 Å². The van der Waals surface area contributed by atoms with Crippen molar-refractivity contribution in [2.24, 2.45) is 10.8 Å². The van der Waals surface area contributed by atoms with E-state index >= 15 is 0 Å². The van der Waals surface area contributed by atoms with Crippen LogP contribution in [0.3, 0.4) is 0 Å². The van der Waals surface area contributed by atoms with Gasteiger partial charge in [0.1, 0.15) is 5.17 Å². The van der Waals surface area contributed by atoms with E-state index in [1.165, 1.54) is 5.57 Å². The molecule has 0 spiro atoms. The lowest BCUT2D eigenvalue weighted by molar-refractivity contribution is 0.506. The smallest absolute Gasteiger partial charge is 0.106 e. The van der Waals surface area contributed by atoms with E-state index in [-0.39, 0.29) is 0 Å². The third kappa shape index (κ3) is 2.70. The maximum absolute atomic E-state index is 5.90. The van der Waals surface area contributed by atoms with Gasteiger partial charge in [0.2, 0.25) is 0 Å². The Morgan fingerprint density at radius 1 is 1.44 bits per heavy atom. The number of allylic oxidation sites excluding steroid dienone is 2. The number of hydrogen-bond donors (Lipinski definition) is 1. The van der Waals surface area contributed by atoms with Crippen molar-refractivity contribution in [3.63, 3.8) is 0 Å². The van der Waals surface area contributed by atoms with Gasteiger partial charge in [0, 0.05) is 31.2 Å². The summed E-state index contributed by atoms with van der Waals surface area (Å²) in [5, 5.41) is 2.31. The minimum absolute atomic E-state index is 0.682. The van der Waals surface area contributed by atoms with Crippen molar-refractivity contribution in [1.82, 2.24) is 5.01 Å². The SMILES string of the molecule is NN1C(=S)CCC=C1CC1=CN=C(Cl)CC1. The minimum Gasteiger partial charge on any atom is -0.277 e. The van der Waals surface area contributed by atoms with Gasteiger partial charge in [0.15, 0.2) is 0 Å². The summed E-state index contributed by atoms with van der Waals surface area (Å²) >= 11 is 11.0. The zero-order valence-corrected chi connectivity index (χ0v) is 10.5. The fourth-order valence-corrected chi connectivity index (χ4v) is 2.20. The first-order valence-corrected chi connectivity index (χ1v) is 6.12. The number of hydrogen-bond acceptors (Lipinski definition) is 3. The van der Waals surface area contributed by atoms with Crippen LogP contribution < -0.4 is 5.84 Å². The lowest BCUT2D eigenvalue weighted by Gasteiger charge is -2.27. The van der Waals surface area contributed by atoms with Crippen LogP contribution in [0.1, 0.15) is 32.1 Å². The van der Waals surface area contributed by atoms with Gasteiger partial charge in [0.25, 0.3) is 0 Å². The van der Waals surface area contributed by atoms with Crippen LogP contribution in [0.5, 0.6) is 0 Å². The highest BCUT2D eigenvalue weighted by Gasteiger charge is 2.17. The second kappa shape index (κ2) is 5.08. The Kier molecular flexibility index (Phi) is 3.74. The van der Waals surface area contributed by atoms with Gasteiger partial charge in [-0.05, 0) is 18.4 Å². The Balaban J connectivity index is 2.05. The number of halogens is 1. The predicted molar refractivity (Wildman–Crippen MR) is 71.2 cm³/mol. The maximum Gasteiger partial charge on any atom is 0.106 e. The number of thiocarbonyl (C=S) groups is 1. The monoisotopic (exact) mass is 255 g/mol. The van der Waals surface area contributed by atoms with Crippen LogP contribution in [-0.4, -0.2) is 15.2 Å². The van der Waals surface area contributed by atoms with Crippen molar-refractivity contribution < 1.29 is 0 Å². The van der Waals surface area contributed by atoms with E-state index in [4.69, 9.17) is 29.7 Å². The van der Waals surface area contributed by atoms with E-state index in [0.717, 1.165) is 42.8 Å². The van der Waals surface area contributed by atoms with Crippen LogP contribution in [0, 0.1) is 0 Å². The molecule has 0 aromatic carbocycles. The van der Waals surface area contributed by atoms with Crippen molar-refractivity contribution in [2.75, 3.05) is 0 Å². The largest absolute Gasteiger partial charge is 0.277 e. The van der Waals surface area contributed by atoms with Crippen molar-refractivity contribution in [3.8, 4) is 0 Å². The van der Waals surface area contributed by atoms with E-state index in [2.05, 4.69) is 11.1 Å². The zero-order valence-electron chi connectivity index (χ0n) is 8.95. The Morgan fingerprint density at radius 2 is 2.25 bits per heavy atom. The molecule has 0 aromatic heterocycles. The lowest BCUT2D eigenvalue weighted by atomic mass is 10.0. The summed E-state index contributed by atoms with van der Waals surface area (Å²) in [6.45, 7) is 0. The molecule has 0 amide bonds. The highest BCUT2D eigenvalue weighted by molar-refractivity contribution is 7.80. The molecule has 2 rings (SSSR count). The molecule has 0 saturated carbocycles. The fraction of sp³-hybridized carbons (Fsp3) is 0.455. The van der Waals surface area contributed by atoms with Crippen LogP contribution >= 0.6 is 23.8 Å². The normalized spacial score (nSPS) is 21.5. The molecule has 2 N–H and O–H groups in total. The van der Waals surface area contributed by atoms with Gasteiger partial charge >= 0.3 is 0 Å². The summed E-state index contributed by atoms with van der Waals surface area (Å²) in [7, 11) is 0. The molecule has 0 aromatic rings. The standard InChI is InChI=1S/C11H14ClN3S/c12-10-5-4-8(7-14-10)6-9-2-1-3-11(16)15(9)13/h2,7H,1,3-6,13H2. The van der Waals surface area contributed by atoms with E-state index in [1.54, 1.807) is 5.01 Å². The highest BCUT2D eigenvalue weighted by Crippen LogP contribution is 2.25. The van der Waals surface area contributed by atoms with Crippen molar-refractivity contribution in [3.05, 3.63) is 23.5 Å². The van der Waals surface area contributed by atoms with Crippen LogP contribution in [0.4, 0.5) is 0 Å². The molecule has 0 saturated heterocycles. The van der Waals surface area contributed by atoms with Gasteiger partial charge in [-0.1, -0.05) is 29.9 Å². The quantitative estimate of drug-likeness (QED) is 0.609. The average molecular weight is 256 g/mol. The summed E-state index contributed by atoms with van der Waals surface area (Å²) in [5.74, 6) is 5.90. The number of nitrogens with two attached hydrogens (primary N) is 1. The first-order valence-electron chi connectivity index (χ1n) is 5.33. The van der Waals surface area contributed by atoms with E-state index in [9.17, 15) is 0 Å². The molecule has 5 heteroatoms. The Labute approximate surface area is 106 Å². The van der Waals surface area contributed by atoms with Crippen LogP contribution in [0.25, 0.3) is 0 Å². The molecule has 0 aliphatic carbocycles. The predicted octanol–water partition coefficient (Wildman–Crippen LogP) is 2.87. The molecule has 2 aliphatic rings. The summed E-state index contributed by atoms with van der Waals surface area (Å²) in [6.07, 6.45) is 8.46. The molecular formula is C11H14ClN3S. The number of rotatable bonds is 2. The fourth-order valence-electron chi connectivity index (χ4n) is 1.82. The summed E-state index contributed by atoms with van der Waals surface area (Å²) < 4.78 is 0. The van der Waals surface area contributed by atoms with Gasteiger partial charge in [-0.15, -0.1) is 0 Å². The molecule has 0 unspecified atom stereocenters. The number of nitrogens with zero attached hydrogens (tertiary/aromatic N) is 2. The molecule has 86 valence electrons. The van der Waals surface area contributed by atoms with Crippen LogP contribution in [-0.2, 0) is 0 Å². The molecular weight excluding hydrogens is 242 g/mol. The molecule has 3 nitrogen and oxygen atoms in total. The molecule has 2 aliphatic heterocycles. The van der Waals surface area contributed by atoms with Gasteiger partial charge in [0.05, 0.1) is 4.99 Å². The first kappa shape index (κ1) is 11.8. The lowest BCUT2D eigenvalue weighted by Crippen LogP contribution is -2.37. The van der Waals surface area contributed by atoms with Gasteiger partial charge < -0.3 is 0 Å². The Bertz CT molecular complexity index is 398. The van der Waals surface area contributed by atoms with Crippen molar-refractivity contribution >= 4 is 34.0 Å². The summed E-state index contributed by atoms with van der Waals surface area (Å²) in [4.78, 5) is 4.94. The molecule has 0 radical (unpaired) electrons. The minimum atomic E-state index is 0.682. The third-order valence-corrected chi connectivity index (χ3v) is 3.45. The maximum atomic E-state index is 5.90. The number of hydrazine groups is 1. The Hall–Kier alpha value is -0.710. The second-order valence-electron chi connectivity index (χ2n) is 3.97. The van der Waals surface area contributed by atoms with Crippen LogP contribution in [0.15, 0.2) is 28.5 Å². The third-order valence-electron chi connectivity index (χ3n) is 2.76. The van der Waals surface area contributed by atoms with Crippen LogP contribution in [0.2, 0.25) is 0 Å². The zero-order chi connectivity index (χ0) is 11.5. The average Bonchev–Trinajstić information content (AvgIpc) is 2.28. The first-order chi connectivity index (χ1) is 7.66. The topological polar surface area (TPSA) is 41.6 Å². The molecule has 16 heavy (non-hydrogen) atoms. The second-order valence-corrected chi connectivity index (χ2v) is 4.87. The summed E-state index contributed by atoms with van der Waals surface area (Å²) in [5.41, 5.74) is 2.34. The van der Waals surface area contributed by atoms with Gasteiger partial charge in [-0.25, -0.2) is 10.8 Å². The number of aliphatic imine (C=N–C) groups is 1. The molecule has 0 fully saturated rings. The molecule has 2 heterocycles. The van der Waals surface area contributed by atoms with Crippen molar-refractivity contribution in [2.45, 2.75) is 32.1 Å². The van der Waals surface area contributed by atoms with Crippen molar-refractivity contribution in [1.29, 1.82) is 0 Å². The van der Waals surface area contributed by atoms with Gasteiger partial charge in [-0.2, -0.15) is 0 Å². The van der Waals surface area contributed by atoms with E-state index in [0.29, 0.717) is 5.17 Å². The highest BCUT2D eigenvalue weighted by atomic mass is 35.5. The summed E-state index contributed by atoms with van der Waals surface area (Å²) in [6, 6.07) is 0. The Morgan fingerprint density at radius 3 is 2.94 bits per heavy atom. The van der Waals surface area contributed by atoms with E-state index in [1.807, 2.05) is 6.20 Å². The molecule has 0 atom stereocenters. The van der Waals surface area contributed by atoms with E-state index < -0.39 is 0 Å².